The van der Waals surface area contributed by atoms with E-state index >= 15 is 0 Å². The molecule has 24 heavy (non-hydrogen) atoms. The van der Waals surface area contributed by atoms with Crippen molar-refractivity contribution in [3.05, 3.63) is 28.3 Å². The zero-order valence-corrected chi connectivity index (χ0v) is 16.0. The van der Waals surface area contributed by atoms with Crippen molar-refractivity contribution in [2.75, 3.05) is 19.7 Å². The van der Waals surface area contributed by atoms with E-state index < -0.39 is 10.0 Å². The summed E-state index contributed by atoms with van der Waals surface area (Å²) >= 11 is 0. The number of nitrogens with zero attached hydrogens (tertiary/aromatic N) is 1. The lowest BCUT2D eigenvalue weighted by Gasteiger charge is -2.33. The number of rotatable bonds is 3. The summed E-state index contributed by atoms with van der Waals surface area (Å²) in [6.07, 6.45) is 1.04. The summed E-state index contributed by atoms with van der Waals surface area (Å²) in [4.78, 5) is 2.80. The molecule has 2 aliphatic heterocycles. The average molecular weight is 353 g/mol. The Balaban J connectivity index is 1.83. The van der Waals surface area contributed by atoms with Crippen molar-refractivity contribution in [1.29, 1.82) is 0 Å². The molecular formula is C18H28N2O3S. The minimum atomic E-state index is -3.52. The van der Waals surface area contributed by atoms with Crippen LogP contribution in [0.25, 0.3) is 0 Å². The third kappa shape index (κ3) is 3.25. The number of hydrogen-bond donors (Lipinski definition) is 1. The second kappa shape index (κ2) is 6.41. The second-order valence-electron chi connectivity index (χ2n) is 7.40. The summed E-state index contributed by atoms with van der Waals surface area (Å²) in [5, 5.41) is 0. The Morgan fingerprint density at radius 2 is 1.75 bits per heavy atom. The third-order valence-corrected chi connectivity index (χ3v) is 7.27. The van der Waals surface area contributed by atoms with Crippen LogP contribution in [-0.2, 0) is 14.8 Å². The van der Waals surface area contributed by atoms with Gasteiger partial charge >= 0.3 is 0 Å². The Morgan fingerprint density at radius 3 is 2.38 bits per heavy atom. The van der Waals surface area contributed by atoms with Crippen molar-refractivity contribution >= 4 is 10.0 Å². The van der Waals surface area contributed by atoms with E-state index in [2.05, 4.69) is 22.6 Å². The third-order valence-electron chi connectivity index (χ3n) is 5.48. The van der Waals surface area contributed by atoms with Crippen LogP contribution in [0.4, 0.5) is 0 Å². The van der Waals surface area contributed by atoms with Crippen LogP contribution in [-0.4, -0.2) is 51.2 Å². The Labute approximate surface area is 145 Å². The molecule has 0 radical (unpaired) electrons. The molecule has 0 spiro atoms. The topological polar surface area (TPSA) is 58.6 Å². The van der Waals surface area contributed by atoms with Crippen molar-refractivity contribution in [1.82, 2.24) is 9.62 Å². The second-order valence-corrected chi connectivity index (χ2v) is 9.05. The molecule has 0 saturated carbocycles. The molecule has 6 heteroatoms. The van der Waals surface area contributed by atoms with Crippen molar-refractivity contribution < 1.29 is 13.2 Å². The molecule has 0 bridgehead atoms. The van der Waals surface area contributed by atoms with Crippen LogP contribution in [0.15, 0.2) is 11.0 Å². The lowest BCUT2D eigenvalue weighted by Crippen LogP contribution is -2.45. The standard InChI is InChI=1S/C18H28N2O3S/c1-11-6-12(2)15(5)18(14(11)4)24(21,22)19-16-7-17-10-23-13(3)8-20(17)9-16/h6,13,16-17,19H,7-10H2,1-5H3/t13-,16+,17-/m0/s1. The van der Waals surface area contributed by atoms with Gasteiger partial charge in [-0.15, -0.1) is 0 Å². The first-order chi connectivity index (χ1) is 11.2. The molecule has 5 nitrogen and oxygen atoms in total. The fourth-order valence-electron chi connectivity index (χ4n) is 3.99. The largest absolute Gasteiger partial charge is 0.376 e. The summed E-state index contributed by atoms with van der Waals surface area (Å²) in [7, 11) is -3.52. The van der Waals surface area contributed by atoms with Gasteiger partial charge in [0.05, 0.1) is 17.6 Å². The Morgan fingerprint density at radius 1 is 1.12 bits per heavy atom. The molecule has 134 valence electrons. The first-order valence-electron chi connectivity index (χ1n) is 8.64. The van der Waals surface area contributed by atoms with Crippen molar-refractivity contribution in [3.63, 3.8) is 0 Å². The first-order valence-corrected chi connectivity index (χ1v) is 10.1. The minimum absolute atomic E-state index is 0.0477. The SMILES string of the molecule is Cc1cc(C)c(C)c(S(=O)(=O)N[C@@H]2C[C@H]3CO[C@@H](C)CN3C2)c1C. The number of aryl methyl sites for hydroxylation is 2. The van der Waals surface area contributed by atoms with Crippen molar-refractivity contribution in [2.24, 2.45) is 0 Å². The van der Waals surface area contributed by atoms with Crippen LogP contribution in [0.3, 0.4) is 0 Å². The van der Waals surface area contributed by atoms with Gasteiger partial charge in [-0.3, -0.25) is 4.90 Å². The molecule has 3 rings (SSSR count). The number of morpholine rings is 1. The van der Waals surface area contributed by atoms with Crippen LogP contribution in [0.5, 0.6) is 0 Å². The molecule has 2 aliphatic rings. The van der Waals surface area contributed by atoms with Crippen molar-refractivity contribution in [2.45, 2.75) is 64.1 Å². The zero-order chi connectivity index (χ0) is 17.6. The lowest BCUT2D eigenvalue weighted by atomic mass is 10.0. The average Bonchev–Trinajstić information content (AvgIpc) is 2.85. The summed E-state index contributed by atoms with van der Waals surface area (Å²) in [5.74, 6) is 0. The molecule has 1 aromatic rings. The monoisotopic (exact) mass is 352 g/mol. The van der Waals surface area contributed by atoms with Crippen LogP contribution in [0.1, 0.15) is 35.6 Å². The van der Waals surface area contributed by atoms with Gasteiger partial charge in [0, 0.05) is 25.2 Å². The Hall–Kier alpha value is -0.950. The predicted octanol–water partition coefficient (Wildman–Crippen LogP) is 2.06. The van der Waals surface area contributed by atoms with E-state index in [-0.39, 0.29) is 12.1 Å². The van der Waals surface area contributed by atoms with Gasteiger partial charge in [0.15, 0.2) is 0 Å². The number of fused-ring (bicyclic) bond motifs is 1. The molecule has 1 aromatic carbocycles. The maximum absolute atomic E-state index is 13.0. The van der Waals surface area contributed by atoms with Crippen LogP contribution in [0, 0.1) is 27.7 Å². The zero-order valence-electron chi connectivity index (χ0n) is 15.2. The van der Waals surface area contributed by atoms with E-state index in [1.54, 1.807) is 0 Å². The molecule has 0 aliphatic carbocycles. The molecule has 2 heterocycles. The van der Waals surface area contributed by atoms with Gasteiger partial charge in [-0.05, 0) is 63.3 Å². The van der Waals surface area contributed by atoms with Gasteiger partial charge in [0.1, 0.15) is 0 Å². The molecule has 0 aromatic heterocycles. The van der Waals surface area contributed by atoms with E-state index in [4.69, 9.17) is 4.74 Å². The lowest BCUT2D eigenvalue weighted by molar-refractivity contribution is -0.0390. The normalized spacial score (nSPS) is 28.1. The molecule has 2 saturated heterocycles. The number of benzene rings is 1. The highest BCUT2D eigenvalue weighted by atomic mass is 32.2. The van der Waals surface area contributed by atoms with Gasteiger partial charge in [0.2, 0.25) is 10.0 Å². The van der Waals surface area contributed by atoms with E-state index in [9.17, 15) is 8.42 Å². The molecule has 3 atom stereocenters. The summed E-state index contributed by atoms with van der Waals surface area (Å²) in [5.41, 5.74) is 3.73. The molecule has 1 N–H and O–H groups in total. The van der Waals surface area contributed by atoms with Gasteiger partial charge in [-0.2, -0.15) is 0 Å². The highest BCUT2D eigenvalue weighted by Crippen LogP contribution is 2.28. The maximum atomic E-state index is 13.0. The summed E-state index contributed by atoms with van der Waals surface area (Å²) in [6.45, 7) is 12.1. The van der Waals surface area contributed by atoms with Crippen LogP contribution in [0.2, 0.25) is 0 Å². The number of nitrogens with one attached hydrogen (secondary N) is 1. The smallest absolute Gasteiger partial charge is 0.241 e. The maximum Gasteiger partial charge on any atom is 0.241 e. The summed E-state index contributed by atoms with van der Waals surface area (Å²) in [6, 6.07) is 2.34. The molecule has 2 fully saturated rings. The van der Waals surface area contributed by atoms with Gasteiger partial charge in [-0.1, -0.05) is 6.07 Å². The van der Waals surface area contributed by atoms with E-state index in [1.807, 2.05) is 27.7 Å². The minimum Gasteiger partial charge on any atom is -0.376 e. The van der Waals surface area contributed by atoms with E-state index in [0.717, 1.165) is 41.8 Å². The Bertz CT molecular complexity index is 719. The molecule has 0 amide bonds. The number of hydrogen-bond acceptors (Lipinski definition) is 4. The van der Waals surface area contributed by atoms with Gasteiger partial charge in [0.25, 0.3) is 0 Å². The first kappa shape index (κ1) is 17.9. The molecule has 0 unspecified atom stereocenters. The number of ether oxygens (including phenoxy) is 1. The highest BCUT2D eigenvalue weighted by Gasteiger charge is 2.38. The molecular weight excluding hydrogens is 324 g/mol. The number of sulfonamides is 1. The Kier molecular flexibility index (Phi) is 4.77. The van der Waals surface area contributed by atoms with Crippen molar-refractivity contribution in [3.8, 4) is 0 Å². The van der Waals surface area contributed by atoms with Gasteiger partial charge in [-0.25, -0.2) is 13.1 Å². The van der Waals surface area contributed by atoms with E-state index in [1.165, 1.54) is 0 Å². The van der Waals surface area contributed by atoms with Crippen LogP contribution < -0.4 is 4.72 Å². The highest BCUT2D eigenvalue weighted by molar-refractivity contribution is 7.89. The van der Waals surface area contributed by atoms with Gasteiger partial charge < -0.3 is 4.74 Å². The van der Waals surface area contributed by atoms with E-state index in [0.29, 0.717) is 17.5 Å². The fourth-order valence-corrected chi connectivity index (χ4v) is 5.84. The van der Waals surface area contributed by atoms with Crippen LogP contribution >= 0.6 is 0 Å². The quantitative estimate of drug-likeness (QED) is 0.905. The fraction of sp³-hybridized carbons (Fsp3) is 0.667. The predicted molar refractivity (Wildman–Crippen MR) is 94.9 cm³/mol. The summed E-state index contributed by atoms with van der Waals surface area (Å²) < 4.78 is 34.7.